The predicted molar refractivity (Wildman–Crippen MR) is 65.2 cm³/mol. The van der Waals surface area contributed by atoms with Crippen molar-refractivity contribution in [1.29, 1.82) is 0 Å². The van der Waals surface area contributed by atoms with Crippen LogP contribution in [0.1, 0.15) is 23.5 Å². The van der Waals surface area contributed by atoms with Crippen LogP contribution >= 0.6 is 0 Å². The molecule has 0 aromatic heterocycles. The lowest BCUT2D eigenvalue weighted by atomic mass is 9.93. The number of nitrogens with zero attached hydrogens (tertiary/aromatic N) is 1. The van der Waals surface area contributed by atoms with E-state index in [-0.39, 0.29) is 18.7 Å². The number of halogens is 3. The molecule has 19 heavy (non-hydrogen) atoms. The van der Waals surface area contributed by atoms with Crippen LogP contribution in [0.25, 0.3) is 0 Å². The molecule has 0 bridgehead atoms. The molecule has 1 heterocycles. The molecule has 1 aromatic rings. The summed E-state index contributed by atoms with van der Waals surface area (Å²) in [4.78, 5) is 0. The summed E-state index contributed by atoms with van der Waals surface area (Å²) in [6.45, 7) is 0.390. The van der Waals surface area contributed by atoms with Crippen molar-refractivity contribution in [2.75, 3.05) is 19.3 Å². The Kier molecular flexibility index (Phi) is 3.61. The molecule has 1 unspecified atom stereocenters. The van der Waals surface area contributed by atoms with Crippen molar-refractivity contribution < 1.29 is 21.6 Å². The standard InChI is InChI=1S/C12H14F3NO2S/c1-19(17,18)16-7-6-9(8-16)10-4-2-3-5-11(10)12(13,14)15/h2-5,9H,6-8H2,1H3. The van der Waals surface area contributed by atoms with E-state index < -0.39 is 27.7 Å². The van der Waals surface area contributed by atoms with E-state index in [1.165, 1.54) is 16.4 Å². The van der Waals surface area contributed by atoms with Crippen LogP contribution in [0.5, 0.6) is 0 Å². The smallest absolute Gasteiger partial charge is 0.213 e. The molecule has 1 aliphatic heterocycles. The topological polar surface area (TPSA) is 37.4 Å². The van der Waals surface area contributed by atoms with Gasteiger partial charge in [-0.2, -0.15) is 13.2 Å². The maximum absolute atomic E-state index is 12.9. The number of sulfonamides is 1. The third kappa shape index (κ3) is 3.09. The molecule has 1 fully saturated rings. The van der Waals surface area contributed by atoms with Crippen LogP contribution in [0.3, 0.4) is 0 Å². The van der Waals surface area contributed by atoms with Crippen LogP contribution in [0.4, 0.5) is 13.2 Å². The fourth-order valence-electron chi connectivity index (χ4n) is 2.39. The summed E-state index contributed by atoms with van der Waals surface area (Å²) in [6.07, 6.45) is -2.92. The minimum atomic E-state index is -4.41. The third-order valence-corrected chi connectivity index (χ3v) is 4.60. The summed E-state index contributed by atoms with van der Waals surface area (Å²) in [5, 5.41) is 0. The highest BCUT2D eigenvalue weighted by Gasteiger charge is 2.37. The number of benzene rings is 1. The molecule has 1 aliphatic rings. The predicted octanol–water partition coefficient (Wildman–Crippen LogP) is 2.45. The van der Waals surface area contributed by atoms with E-state index in [1.54, 1.807) is 6.07 Å². The van der Waals surface area contributed by atoms with Gasteiger partial charge in [0.15, 0.2) is 0 Å². The quantitative estimate of drug-likeness (QED) is 0.840. The fourth-order valence-corrected chi connectivity index (χ4v) is 3.28. The van der Waals surface area contributed by atoms with E-state index in [0.29, 0.717) is 6.42 Å². The first-order valence-corrected chi connectivity index (χ1v) is 7.65. The summed E-state index contributed by atoms with van der Waals surface area (Å²) in [6, 6.07) is 5.36. The van der Waals surface area contributed by atoms with Crippen molar-refractivity contribution in [2.45, 2.75) is 18.5 Å². The SMILES string of the molecule is CS(=O)(=O)N1CCC(c2ccccc2C(F)(F)F)C1. The van der Waals surface area contributed by atoms with Crippen molar-refractivity contribution in [3.63, 3.8) is 0 Å². The third-order valence-electron chi connectivity index (χ3n) is 3.33. The van der Waals surface area contributed by atoms with Crippen LogP contribution in [0, 0.1) is 0 Å². The first-order chi connectivity index (χ1) is 8.69. The largest absolute Gasteiger partial charge is 0.416 e. The fraction of sp³-hybridized carbons (Fsp3) is 0.500. The van der Waals surface area contributed by atoms with E-state index in [9.17, 15) is 21.6 Å². The molecule has 0 N–H and O–H groups in total. The molecule has 0 spiro atoms. The van der Waals surface area contributed by atoms with Crippen molar-refractivity contribution >= 4 is 10.0 Å². The molecule has 0 amide bonds. The highest BCUT2D eigenvalue weighted by atomic mass is 32.2. The molecule has 106 valence electrons. The lowest BCUT2D eigenvalue weighted by Gasteiger charge is -2.18. The van der Waals surface area contributed by atoms with E-state index in [1.807, 2.05) is 0 Å². The molecule has 2 rings (SSSR count). The Hall–Kier alpha value is -1.08. The Morgan fingerprint density at radius 3 is 2.42 bits per heavy atom. The second-order valence-corrected chi connectivity index (χ2v) is 6.67. The lowest BCUT2D eigenvalue weighted by molar-refractivity contribution is -0.138. The second-order valence-electron chi connectivity index (χ2n) is 4.69. The molecule has 0 aliphatic carbocycles. The van der Waals surface area contributed by atoms with Crippen LogP contribution in [0.2, 0.25) is 0 Å². The minimum absolute atomic E-state index is 0.117. The number of hydrogen-bond donors (Lipinski definition) is 0. The van der Waals surface area contributed by atoms with Gasteiger partial charge in [-0.3, -0.25) is 0 Å². The van der Waals surface area contributed by atoms with Gasteiger partial charge in [-0.25, -0.2) is 12.7 Å². The molecule has 1 aromatic carbocycles. The molecule has 1 atom stereocenters. The van der Waals surface area contributed by atoms with Gasteiger partial charge in [-0.1, -0.05) is 18.2 Å². The molecular formula is C12H14F3NO2S. The summed E-state index contributed by atoms with van der Waals surface area (Å²) in [7, 11) is -3.34. The average molecular weight is 293 g/mol. The molecule has 3 nitrogen and oxygen atoms in total. The Labute approximate surface area is 110 Å². The first-order valence-electron chi connectivity index (χ1n) is 5.81. The van der Waals surface area contributed by atoms with Crippen molar-refractivity contribution in [3.05, 3.63) is 35.4 Å². The summed E-state index contributed by atoms with van der Waals surface area (Å²) in [5.41, 5.74) is -0.489. The van der Waals surface area contributed by atoms with Gasteiger partial charge >= 0.3 is 6.18 Å². The van der Waals surface area contributed by atoms with E-state index >= 15 is 0 Å². The second kappa shape index (κ2) is 4.79. The first kappa shape index (κ1) is 14.3. The number of rotatable bonds is 2. The van der Waals surface area contributed by atoms with Gasteiger partial charge in [0.25, 0.3) is 0 Å². The van der Waals surface area contributed by atoms with Gasteiger partial charge in [0.1, 0.15) is 0 Å². The maximum atomic E-state index is 12.9. The number of alkyl halides is 3. The van der Waals surface area contributed by atoms with Gasteiger partial charge < -0.3 is 0 Å². The van der Waals surface area contributed by atoms with Gasteiger partial charge in [0.2, 0.25) is 10.0 Å². The average Bonchev–Trinajstić information content (AvgIpc) is 2.76. The Bertz CT molecular complexity index is 569. The highest BCUT2D eigenvalue weighted by molar-refractivity contribution is 7.88. The highest BCUT2D eigenvalue weighted by Crippen LogP contribution is 2.38. The van der Waals surface area contributed by atoms with Crippen LogP contribution in [-0.4, -0.2) is 32.1 Å². The van der Waals surface area contributed by atoms with Crippen LogP contribution in [0.15, 0.2) is 24.3 Å². The molecular weight excluding hydrogens is 279 g/mol. The zero-order valence-corrected chi connectivity index (χ0v) is 11.1. The molecule has 0 saturated carbocycles. The summed E-state index contributed by atoms with van der Waals surface area (Å²) in [5.74, 6) is -0.396. The van der Waals surface area contributed by atoms with E-state index in [0.717, 1.165) is 12.3 Å². The Morgan fingerprint density at radius 2 is 1.89 bits per heavy atom. The van der Waals surface area contributed by atoms with Gasteiger partial charge in [-0.05, 0) is 24.0 Å². The lowest BCUT2D eigenvalue weighted by Crippen LogP contribution is -2.27. The summed E-state index contributed by atoms with van der Waals surface area (Å²) >= 11 is 0. The Balaban J connectivity index is 2.30. The summed E-state index contributed by atoms with van der Waals surface area (Å²) < 4.78 is 62.7. The van der Waals surface area contributed by atoms with Crippen LogP contribution < -0.4 is 0 Å². The molecule has 1 saturated heterocycles. The minimum Gasteiger partial charge on any atom is -0.213 e. The van der Waals surface area contributed by atoms with Crippen LogP contribution in [-0.2, 0) is 16.2 Å². The van der Waals surface area contributed by atoms with Crippen molar-refractivity contribution in [1.82, 2.24) is 4.31 Å². The zero-order valence-electron chi connectivity index (χ0n) is 10.3. The normalized spacial score (nSPS) is 21.8. The zero-order chi connectivity index (χ0) is 14.3. The van der Waals surface area contributed by atoms with Gasteiger partial charge in [0.05, 0.1) is 11.8 Å². The van der Waals surface area contributed by atoms with Crippen molar-refractivity contribution in [3.8, 4) is 0 Å². The van der Waals surface area contributed by atoms with E-state index in [4.69, 9.17) is 0 Å². The number of hydrogen-bond acceptors (Lipinski definition) is 2. The molecule has 7 heteroatoms. The maximum Gasteiger partial charge on any atom is 0.416 e. The molecule has 0 radical (unpaired) electrons. The van der Waals surface area contributed by atoms with E-state index in [2.05, 4.69) is 0 Å². The monoisotopic (exact) mass is 293 g/mol. The van der Waals surface area contributed by atoms with Crippen molar-refractivity contribution in [2.24, 2.45) is 0 Å². The Morgan fingerprint density at radius 1 is 1.26 bits per heavy atom. The van der Waals surface area contributed by atoms with Gasteiger partial charge in [0, 0.05) is 13.1 Å². The van der Waals surface area contributed by atoms with Gasteiger partial charge in [-0.15, -0.1) is 0 Å².